The van der Waals surface area contributed by atoms with Gasteiger partial charge in [0.1, 0.15) is 6.04 Å². The molecule has 1 unspecified atom stereocenters. The van der Waals surface area contributed by atoms with E-state index in [0.29, 0.717) is 32.8 Å². The average molecular weight is 313 g/mol. The van der Waals surface area contributed by atoms with Gasteiger partial charge in [0.15, 0.2) is 11.6 Å². The fourth-order valence-corrected chi connectivity index (χ4v) is 3.09. The molecule has 1 amide bonds. The van der Waals surface area contributed by atoms with E-state index < -0.39 is 0 Å². The summed E-state index contributed by atoms with van der Waals surface area (Å²) < 4.78 is 7.48. The quantitative estimate of drug-likeness (QED) is 0.862. The molecule has 7 heteroatoms. The predicted molar refractivity (Wildman–Crippen MR) is 83.5 cm³/mol. The summed E-state index contributed by atoms with van der Waals surface area (Å²) in [5.74, 6) is 1.78. The molecule has 1 fully saturated rings. The minimum Gasteiger partial charge on any atom is -0.378 e. The van der Waals surface area contributed by atoms with Crippen LogP contribution in [0.15, 0.2) is 30.3 Å². The van der Waals surface area contributed by atoms with Gasteiger partial charge < -0.3 is 19.5 Å². The summed E-state index contributed by atoms with van der Waals surface area (Å²) in [4.78, 5) is 14.4. The maximum Gasteiger partial charge on any atom is 0.242 e. The summed E-state index contributed by atoms with van der Waals surface area (Å²) in [6.07, 6.45) is 0. The standard InChI is InChI=1S/C16H19N5O2/c22-16(13-11-23-9-6-17-13)20-7-8-21-14(10-20)18-19-15(21)12-4-2-1-3-5-12/h1-5,13,17H,6-11H2. The van der Waals surface area contributed by atoms with Gasteiger partial charge in [-0.05, 0) is 0 Å². The van der Waals surface area contributed by atoms with Crippen LogP contribution in [0.1, 0.15) is 5.82 Å². The number of aromatic nitrogens is 3. The van der Waals surface area contributed by atoms with Crippen molar-refractivity contribution in [2.24, 2.45) is 0 Å². The Morgan fingerprint density at radius 3 is 2.87 bits per heavy atom. The number of amides is 1. The SMILES string of the molecule is O=C(C1COCCN1)N1CCn2c(nnc2-c2ccccc2)C1. The van der Waals surface area contributed by atoms with Crippen molar-refractivity contribution < 1.29 is 9.53 Å². The van der Waals surface area contributed by atoms with Gasteiger partial charge in [-0.1, -0.05) is 30.3 Å². The molecule has 0 bridgehead atoms. The zero-order valence-corrected chi connectivity index (χ0v) is 12.8. The van der Waals surface area contributed by atoms with E-state index in [1.807, 2.05) is 35.2 Å². The molecule has 2 aromatic rings. The molecule has 3 heterocycles. The first-order valence-corrected chi connectivity index (χ1v) is 7.90. The Balaban J connectivity index is 1.52. The monoisotopic (exact) mass is 313 g/mol. The molecular weight excluding hydrogens is 294 g/mol. The van der Waals surface area contributed by atoms with Gasteiger partial charge in [-0.15, -0.1) is 10.2 Å². The second kappa shape index (κ2) is 6.10. The molecule has 4 rings (SSSR count). The number of hydrogen-bond donors (Lipinski definition) is 1. The first kappa shape index (κ1) is 14.3. The van der Waals surface area contributed by atoms with E-state index in [9.17, 15) is 4.79 Å². The van der Waals surface area contributed by atoms with Gasteiger partial charge in [-0.2, -0.15) is 0 Å². The number of morpholine rings is 1. The van der Waals surface area contributed by atoms with Crippen LogP contribution in [0, 0.1) is 0 Å². The van der Waals surface area contributed by atoms with Crippen LogP contribution < -0.4 is 5.32 Å². The summed E-state index contributed by atoms with van der Waals surface area (Å²) in [5.41, 5.74) is 1.05. The van der Waals surface area contributed by atoms with E-state index in [2.05, 4.69) is 20.1 Å². The van der Waals surface area contributed by atoms with Crippen molar-refractivity contribution >= 4 is 5.91 Å². The minimum atomic E-state index is -0.244. The van der Waals surface area contributed by atoms with Crippen molar-refractivity contribution in [3.63, 3.8) is 0 Å². The molecule has 1 atom stereocenters. The van der Waals surface area contributed by atoms with Crippen LogP contribution in [0.5, 0.6) is 0 Å². The van der Waals surface area contributed by atoms with Gasteiger partial charge in [0.25, 0.3) is 0 Å². The van der Waals surface area contributed by atoms with Gasteiger partial charge in [0.2, 0.25) is 5.91 Å². The first-order valence-electron chi connectivity index (χ1n) is 7.90. The van der Waals surface area contributed by atoms with Crippen LogP contribution >= 0.6 is 0 Å². The summed E-state index contributed by atoms with van der Waals surface area (Å²) in [6.45, 7) is 3.71. The highest BCUT2D eigenvalue weighted by molar-refractivity contribution is 5.82. The molecule has 0 saturated carbocycles. The fraction of sp³-hybridized carbons (Fsp3) is 0.438. The zero-order valence-electron chi connectivity index (χ0n) is 12.8. The third-order valence-electron chi connectivity index (χ3n) is 4.32. The predicted octanol–water partition coefficient (Wildman–Crippen LogP) is 0.276. The van der Waals surface area contributed by atoms with E-state index >= 15 is 0 Å². The molecule has 2 aliphatic rings. The second-order valence-electron chi connectivity index (χ2n) is 5.80. The van der Waals surface area contributed by atoms with Crippen LogP contribution in [0.2, 0.25) is 0 Å². The minimum absolute atomic E-state index is 0.0835. The van der Waals surface area contributed by atoms with Crippen molar-refractivity contribution in [1.82, 2.24) is 25.0 Å². The summed E-state index contributed by atoms with van der Waals surface area (Å²) in [6, 6.07) is 9.77. The van der Waals surface area contributed by atoms with Gasteiger partial charge >= 0.3 is 0 Å². The number of nitrogens with one attached hydrogen (secondary N) is 1. The number of fused-ring (bicyclic) bond motifs is 1. The van der Waals surface area contributed by atoms with Crippen LogP contribution in [0.4, 0.5) is 0 Å². The maximum atomic E-state index is 12.6. The number of hydrogen-bond acceptors (Lipinski definition) is 5. The van der Waals surface area contributed by atoms with Crippen molar-refractivity contribution in [1.29, 1.82) is 0 Å². The lowest BCUT2D eigenvalue weighted by atomic mass is 10.2. The third-order valence-corrected chi connectivity index (χ3v) is 4.32. The molecule has 120 valence electrons. The van der Waals surface area contributed by atoms with Crippen molar-refractivity contribution in [2.45, 2.75) is 19.1 Å². The highest BCUT2D eigenvalue weighted by Crippen LogP contribution is 2.21. The van der Waals surface area contributed by atoms with Crippen LogP contribution in [-0.4, -0.2) is 57.9 Å². The number of carbonyl (C=O) groups is 1. The van der Waals surface area contributed by atoms with Gasteiger partial charge in [-0.3, -0.25) is 4.79 Å². The van der Waals surface area contributed by atoms with Crippen LogP contribution in [-0.2, 0) is 22.6 Å². The number of carbonyl (C=O) groups excluding carboxylic acids is 1. The van der Waals surface area contributed by atoms with Crippen molar-refractivity contribution in [2.75, 3.05) is 26.3 Å². The first-order chi connectivity index (χ1) is 11.3. The number of benzene rings is 1. The summed E-state index contributed by atoms with van der Waals surface area (Å²) in [5, 5.41) is 11.8. The highest BCUT2D eigenvalue weighted by Gasteiger charge is 2.30. The van der Waals surface area contributed by atoms with Gasteiger partial charge in [0.05, 0.1) is 19.8 Å². The molecule has 1 aromatic heterocycles. The fourth-order valence-electron chi connectivity index (χ4n) is 3.09. The third kappa shape index (κ3) is 2.73. The largest absolute Gasteiger partial charge is 0.378 e. The highest BCUT2D eigenvalue weighted by atomic mass is 16.5. The van der Waals surface area contributed by atoms with Gasteiger partial charge in [-0.25, -0.2) is 0 Å². The van der Waals surface area contributed by atoms with Crippen LogP contribution in [0.3, 0.4) is 0 Å². The molecule has 0 aliphatic carbocycles. The molecule has 1 N–H and O–H groups in total. The Morgan fingerprint density at radius 1 is 1.22 bits per heavy atom. The van der Waals surface area contributed by atoms with E-state index in [1.165, 1.54) is 0 Å². The molecular formula is C16H19N5O2. The van der Waals surface area contributed by atoms with E-state index in [-0.39, 0.29) is 11.9 Å². The van der Waals surface area contributed by atoms with Gasteiger partial charge in [0, 0.05) is 25.2 Å². The average Bonchev–Trinajstić information content (AvgIpc) is 3.06. The Bertz CT molecular complexity index is 694. The second-order valence-corrected chi connectivity index (χ2v) is 5.80. The maximum absolute atomic E-state index is 12.6. The molecule has 1 aromatic carbocycles. The number of nitrogens with zero attached hydrogens (tertiary/aromatic N) is 4. The molecule has 2 aliphatic heterocycles. The zero-order chi connectivity index (χ0) is 15.6. The molecule has 1 saturated heterocycles. The Morgan fingerprint density at radius 2 is 2.09 bits per heavy atom. The number of ether oxygens (including phenoxy) is 1. The lowest BCUT2D eigenvalue weighted by molar-refractivity contribution is -0.137. The molecule has 0 spiro atoms. The van der Waals surface area contributed by atoms with E-state index in [1.54, 1.807) is 0 Å². The Kier molecular flexibility index (Phi) is 3.80. The Labute approximate surface area is 134 Å². The Hall–Kier alpha value is -2.25. The normalized spacial score (nSPS) is 21.0. The molecule has 0 radical (unpaired) electrons. The topological polar surface area (TPSA) is 72.3 Å². The molecule has 7 nitrogen and oxygen atoms in total. The summed E-state index contributed by atoms with van der Waals surface area (Å²) >= 11 is 0. The lowest BCUT2D eigenvalue weighted by Crippen LogP contribution is -2.53. The molecule has 23 heavy (non-hydrogen) atoms. The summed E-state index contributed by atoms with van der Waals surface area (Å²) in [7, 11) is 0. The van der Waals surface area contributed by atoms with E-state index in [4.69, 9.17) is 4.74 Å². The van der Waals surface area contributed by atoms with Crippen molar-refractivity contribution in [3.05, 3.63) is 36.2 Å². The smallest absolute Gasteiger partial charge is 0.242 e. The van der Waals surface area contributed by atoms with E-state index in [0.717, 1.165) is 23.8 Å². The van der Waals surface area contributed by atoms with Crippen molar-refractivity contribution in [3.8, 4) is 11.4 Å². The lowest BCUT2D eigenvalue weighted by Gasteiger charge is -2.32. The number of rotatable bonds is 2. The van der Waals surface area contributed by atoms with Crippen LogP contribution in [0.25, 0.3) is 11.4 Å².